The molecule has 0 radical (unpaired) electrons. The number of carbonyl (C=O) groups excluding carboxylic acids is 1. The van der Waals surface area contributed by atoms with Crippen molar-refractivity contribution in [3.63, 3.8) is 0 Å². The van der Waals surface area contributed by atoms with Crippen molar-refractivity contribution in [3.8, 4) is 11.5 Å². The van der Waals surface area contributed by atoms with Gasteiger partial charge in [-0.25, -0.2) is 14.6 Å². The third-order valence-corrected chi connectivity index (χ3v) is 5.89. The minimum Gasteiger partial charge on any atom is -0.310 e. The van der Waals surface area contributed by atoms with Crippen LogP contribution in [0.4, 0.5) is 11.5 Å². The molecule has 180 valence electrons. The third-order valence-electron chi connectivity index (χ3n) is 5.89. The minimum atomic E-state index is -0.476. The lowest BCUT2D eigenvalue weighted by molar-refractivity contribution is -0.384. The van der Waals surface area contributed by atoms with Gasteiger partial charge in [-0.15, -0.1) is 0 Å². The van der Waals surface area contributed by atoms with Crippen LogP contribution >= 0.6 is 0 Å². The fourth-order valence-electron chi connectivity index (χ4n) is 3.90. The Bertz CT molecular complexity index is 1620. The minimum absolute atomic E-state index is 0.0259. The van der Waals surface area contributed by atoms with Gasteiger partial charge in [0, 0.05) is 18.2 Å². The number of nitro groups is 1. The topological polar surface area (TPSA) is 134 Å². The van der Waals surface area contributed by atoms with Gasteiger partial charge < -0.3 is 5.32 Å². The molecule has 0 fully saturated rings. The van der Waals surface area contributed by atoms with Crippen LogP contribution in [0.2, 0.25) is 0 Å². The lowest BCUT2D eigenvalue weighted by Gasteiger charge is -2.10. The van der Waals surface area contributed by atoms with Gasteiger partial charge in [-0.3, -0.25) is 14.9 Å². The van der Waals surface area contributed by atoms with E-state index in [2.05, 4.69) is 32.4 Å². The molecule has 2 aromatic carbocycles. The molecule has 1 N–H and O–H groups in total. The van der Waals surface area contributed by atoms with E-state index in [4.69, 9.17) is 0 Å². The molecule has 0 saturated carbocycles. The van der Waals surface area contributed by atoms with Crippen LogP contribution in [0.1, 0.15) is 22.4 Å². The number of hydrogen-bond donors (Lipinski definition) is 1. The number of nitro benzene ring substituents is 1. The predicted octanol–water partition coefficient (Wildman–Crippen LogP) is 4.02. The normalized spacial score (nSPS) is 11.1. The maximum Gasteiger partial charge on any atom is 0.269 e. The van der Waals surface area contributed by atoms with Crippen molar-refractivity contribution < 1.29 is 9.72 Å². The first kappa shape index (κ1) is 22.8. The van der Waals surface area contributed by atoms with Gasteiger partial charge in [0.2, 0.25) is 5.91 Å². The molecular weight excluding hydrogens is 460 g/mol. The monoisotopic (exact) mass is 482 g/mol. The van der Waals surface area contributed by atoms with Gasteiger partial charge in [0.1, 0.15) is 12.1 Å². The number of amides is 1. The Labute approximate surface area is 205 Å². The zero-order chi connectivity index (χ0) is 25.4. The number of rotatable bonds is 6. The van der Waals surface area contributed by atoms with Crippen molar-refractivity contribution in [2.75, 3.05) is 5.32 Å². The van der Waals surface area contributed by atoms with E-state index in [1.807, 2.05) is 32.0 Å². The van der Waals surface area contributed by atoms with E-state index in [0.29, 0.717) is 33.9 Å². The Hall–Kier alpha value is -4.93. The average Bonchev–Trinajstić information content (AvgIpc) is 3.44. The summed E-state index contributed by atoms with van der Waals surface area (Å²) in [5.41, 5.74) is 5.14. The van der Waals surface area contributed by atoms with Gasteiger partial charge in [0.15, 0.2) is 11.5 Å². The van der Waals surface area contributed by atoms with E-state index in [0.717, 1.165) is 11.3 Å². The van der Waals surface area contributed by atoms with Crippen molar-refractivity contribution in [2.24, 2.45) is 0 Å². The standard InChI is InChI=1S/C25H22N8O3/c1-15-4-7-20(10-16(15)2)31-24-21(13-28-31)25(27-14-26-24)32-22(11-17(3)30-32)29-23(34)12-18-5-8-19(9-6-18)33(35)36/h4-11,13-14H,12H2,1-3H3,(H,29,34). The number of nitrogens with one attached hydrogen (secondary N) is 1. The lowest BCUT2D eigenvalue weighted by Crippen LogP contribution is -2.17. The van der Waals surface area contributed by atoms with Crippen LogP contribution in [0.15, 0.2) is 61.1 Å². The van der Waals surface area contributed by atoms with Crippen LogP contribution in [0.3, 0.4) is 0 Å². The molecule has 0 unspecified atom stereocenters. The average molecular weight is 483 g/mol. The van der Waals surface area contributed by atoms with Crippen LogP contribution < -0.4 is 5.32 Å². The summed E-state index contributed by atoms with van der Waals surface area (Å²) < 4.78 is 3.30. The van der Waals surface area contributed by atoms with Crippen LogP contribution in [0.25, 0.3) is 22.5 Å². The second-order valence-electron chi connectivity index (χ2n) is 8.49. The highest BCUT2D eigenvalue weighted by Crippen LogP contribution is 2.25. The van der Waals surface area contributed by atoms with Crippen LogP contribution in [-0.2, 0) is 11.2 Å². The first-order chi connectivity index (χ1) is 17.3. The van der Waals surface area contributed by atoms with Crippen molar-refractivity contribution in [1.82, 2.24) is 29.5 Å². The molecule has 0 bridgehead atoms. The zero-order valence-corrected chi connectivity index (χ0v) is 19.8. The maximum atomic E-state index is 12.8. The van der Waals surface area contributed by atoms with E-state index < -0.39 is 4.92 Å². The largest absolute Gasteiger partial charge is 0.310 e. The summed E-state index contributed by atoms with van der Waals surface area (Å²) >= 11 is 0. The second-order valence-corrected chi connectivity index (χ2v) is 8.49. The molecule has 0 aliphatic heterocycles. The van der Waals surface area contributed by atoms with E-state index in [1.165, 1.54) is 24.0 Å². The summed E-state index contributed by atoms with van der Waals surface area (Å²) in [5.74, 6) is 0.633. The maximum absolute atomic E-state index is 12.8. The number of carbonyl (C=O) groups is 1. The number of benzene rings is 2. The van der Waals surface area contributed by atoms with Gasteiger partial charge in [0.25, 0.3) is 5.69 Å². The molecule has 11 heteroatoms. The molecule has 3 aromatic heterocycles. The molecule has 0 aliphatic rings. The van der Waals surface area contributed by atoms with Crippen molar-refractivity contribution >= 4 is 28.4 Å². The zero-order valence-electron chi connectivity index (χ0n) is 19.8. The number of fused-ring (bicyclic) bond motifs is 1. The smallest absolute Gasteiger partial charge is 0.269 e. The SMILES string of the molecule is Cc1cc(NC(=O)Cc2ccc([N+](=O)[O-])cc2)n(-c2ncnc3c2cnn3-c2ccc(C)c(C)c2)n1. The highest BCUT2D eigenvalue weighted by atomic mass is 16.6. The summed E-state index contributed by atoms with van der Waals surface area (Å²) in [4.78, 5) is 32.0. The number of hydrogen-bond acceptors (Lipinski definition) is 7. The number of aryl methyl sites for hydroxylation is 3. The Kier molecular flexibility index (Phi) is 5.72. The molecule has 11 nitrogen and oxygen atoms in total. The number of nitrogens with zero attached hydrogens (tertiary/aromatic N) is 7. The van der Waals surface area contributed by atoms with Crippen LogP contribution in [-0.4, -0.2) is 40.4 Å². The lowest BCUT2D eigenvalue weighted by atomic mass is 10.1. The van der Waals surface area contributed by atoms with Crippen molar-refractivity contribution in [3.05, 3.63) is 93.6 Å². The highest BCUT2D eigenvalue weighted by Gasteiger charge is 2.18. The van der Waals surface area contributed by atoms with Crippen molar-refractivity contribution in [1.29, 1.82) is 0 Å². The predicted molar refractivity (Wildman–Crippen MR) is 133 cm³/mol. The first-order valence-corrected chi connectivity index (χ1v) is 11.2. The summed E-state index contributed by atoms with van der Waals surface area (Å²) in [7, 11) is 0. The summed E-state index contributed by atoms with van der Waals surface area (Å²) in [5, 5.41) is 23.5. The number of non-ortho nitro benzene ring substituents is 1. The van der Waals surface area contributed by atoms with E-state index >= 15 is 0 Å². The summed E-state index contributed by atoms with van der Waals surface area (Å²) in [6.45, 7) is 5.92. The van der Waals surface area contributed by atoms with Gasteiger partial charge in [-0.1, -0.05) is 18.2 Å². The Morgan fingerprint density at radius 3 is 2.50 bits per heavy atom. The van der Waals surface area contributed by atoms with Gasteiger partial charge in [-0.05, 0) is 49.6 Å². The molecule has 1 amide bonds. The van der Waals surface area contributed by atoms with E-state index in [1.54, 1.807) is 33.8 Å². The summed E-state index contributed by atoms with van der Waals surface area (Å²) in [6.07, 6.45) is 3.17. The molecule has 5 aromatic rings. The highest BCUT2D eigenvalue weighted by molar-refractivity contribution is 5.92. The Morgan fingerprint density at radius 2 is 1.78 bits per heavy atom. The summed E-state index contributed by atoms with van der Waals surface area (Å²) in [6, 6.07) is 13.7. The molecule has 3 heterocycles. The van der Waals surface area contributed by atoms with Gasteiger partial charge >= 0.3 is 0 Å². The van der Waals surface area contributed by atoms with E-state index in [9.17, 15) is 14.9 Å². The molecular formula is C25H22N8O3. The van der Waals surface area contributed by atoms with Gasteiger partial charge in [-0.2, -0.15) is 14.9 Å². The Balaban J connectivity index is 1.46. The third kappa shape index (κ3) is 4.29. The molecule has 36 heavy (non-hydrogen) atoms. The molecule has 5 rings (SSSR count). The fourth-order valence-corrected chi connectivity index (χ4v) is 3.90. The molecule has 0 atom stereocenters. The van der Waals surface area contributed by atoms with Crippen molar-refractivity contribution in [2.45, 2.75) is 27.2 Å². The molecule has 0 aliphatic carbocycles. The van der Waals surface area contributed by atoms with E-state index in [-0.39, 0.29) is 18.0 Å². The first-order valence-electron chi connectivity index (χ1n) is 11.2. The van der Waals surface area contributed by atoms with Crippen LogP contribution in [0, 0.1) is 30.9 Å². The number of aromatic nitrogens is 6. The fraction of sp³-hybridized carbons (Fsp3) is 0.160. The van der Waals surface area contributed by atoms with Crippen LogP contribution in [0.5, 0.6) is 0 Å². The second kappa shape index (κ2) is 9.02. The quantitative estimate of drug-likeness (QED) is 0.285. The molecule has 0 saturated heterocycles. The molecule has 0 spiro atoms. The number of anilines is 1. The van der Waals surface area contributed by atoms with Gasteiger partial charge in [0.05, 0.1) is 34.3 Å². The Morgan fingerprint density at radius 1 is 1.00 bits per heavy atom.